The Balaban J connectivity index is 1.63. The number of nitriles is 1. The van der Waals surface area contributed by atoms with Gasteiger partial charge in [-0.05, 0) is 49.1 Å². The van der Waals surface area contributed by atoms with Crippen molar-refractivity contribution in [1.29, 1.82) is 5.26 Å². The first-order valence-electron chi connectivity index (χ1n) is 7.48. The van der Waals surface area contributed by atoms with Crippen molar-refractivity contribution in [2.24, 2.45) is 17.8 Å². The van der Waals surface area contributed by atoms with E-state index in [1.54, 1.807) is 18.2 Å². The third kappa shape index (κ3) is 2.87. The number of hydrogen-bond donors (Lipinski definition) is 0. The summed E-state index contributed by atoms with van der Waals surface area (Å²) >= 11 is 0. The molecule has 2 aliphatic carbocycles. The van der Waals surface area contributed by atoms with Crippen molar-refractivity contribution >= 4 is 5.97 Å². The first kappa shape index (κ1) is 13.9. The molecule has 0 unspecified atom stereocenters. The van der Waals surface area contributed by atoms with Gasteiger partial charge in [-0.25, -0.2) is 0 Å². The summed E-state index contributed by atoms with van der Waals surface area (Å²) in [5.74, 6) is 2.65. The zero-order chi connectivity index (χ0) is 14.8. The molecule has 4 heteroatoms. The van der Waals surface area contributed by atoms with Gasteiger partial charge < -0.3 is 9.47 Å². The number of nitrogens with zero attached hydrogens (tertiary/aromatic N) is 1. The van der Waals surface area contributed by atoms with E-state index >= 15 is 0 Å². The molecule has 21 heavy (non-hydrogen) atoms. The maximum atomic E-state index is 12.1. The second kappa shape index (κ2) is 5.77. The third-order valence-corrected chi connectivity index (χ3v) is 4.83. The Morgan fingerprint density at radius 1 is 1.33 bits per heavy atom. The summed E-state index contributed by atoms with van der Waals surface area (Å²) in [6.45, 7) is 0. The van der Waals surface area contributed by atoms with E-state index in [0.29, 0.717) is 35.3 Å². The molecule has 0 heterocycles. The average molecular weight is 285 g/mol. The van der Waals surface area contributed by atoms with Crippen molar-refractivity contribution in [2.75, 3.05) is 7.11 Å². The van der Waals surface area contributed by atoms with Crippen LogP contribution in [0.2, 0.25) is 0 Å². The maximum Gasteiger partial charge on any atom is 0.311 e. The van der Waals surface area contributed by atoms with E-state index in [-0.39, 0.29) is 5.97 Å². The van der Waals surface area contributed by atoms with E-state index in [0.717, 1.165) is 5.92 Å². The number of ether oxygens (including phenoxy) is 2. The molecule has 2 fully saturated rings. The van der Waals surface area contributed by atoms with Crippen LogP contribution in [0.4, 0.5) is 0 Å². The normalized spacial score (nSPS) is 26.4. The van der Waals surface area contributed by atoms with Gasteiger partial charge in [-0.2, -0.15) is 5.26 Å². The predicted molar refractivity (Wildman–Crippen MR) is 76.9 cm³/mol. The van der Waals surface area contributed by atoms with Crippen LogP contribution in [0.5, 0.6) is 11.5 Å². The number of fused-ring (bicyclic) bond motifs is 2. The topological polar surface area (TPSA) is 59.3 Å². The van der Waals surface area contributed by atoms with Gasteiger partial charge in [-0.15, -0.1) is 0 Å². The molecule has 0 radical (unpaired) electrons. The molecule has 2 aliphatic rings. The molecule has 0 N–H and O–H groups in total. The molecule has 1 aromatic carbocycles. The van der Waals surface area contributed by atoms with Gasteiger partial charge in [0.05, 0.1) is 18.7 Å². The molecule has 4 nitrogen and oxygen atoms in total. The van der Waals surface area contributed by atoms with Crippen molar-refractivity contribution < 1.29 is 14.3 Å². The lowest BCUT2D eigenvalue weighted by molar-refractivity contribution is -0.136. The minimum atomic E-state index is -0.199. The second-order valence-electron chi connectivity index (χ2n) is 6.09. The monoisotopic (exact) mass is 285 g/mol. The second-order valence-corrected chi connectivity index (χ2v) is 6.09. The lowest BCUT2D eigenvalue weighted by Gasteiger charge is -2.20. The van der Waals surface area contributed by atoms with Crippen molar-refractivity contribution in [3.05, 3.63) is 23.8 Å². The molecule has 3 atom stereocenters. The summed E-state index contributed by atoms with van der Waals surface area (Å²) in [6, 6.07) is 6.87. The van der Waals surface area contributed by atoms with Gasteiger partial charge in [0.15, 0.2) is 11.5 Å². The first-order chi connectivity index (χ1) is 10.2. The van der Waals surface area contributed by atoms with Gasteiger partial charge in [0, 0.05) is 12.5 Å². The fraction of sp³-hybridized carbons (Fsp3) is 0.529. The molecular weight excluding hydrogens is 266 g/mol. The van der Waals surface area contributed by atoms with Crippen molar-refractivity contribution in [3.8, 4) is 17.6 Å². The van der Waals surface area contributed by atoms with Crippen molar-refractivity contribution in [2.45, 2.75) is 32.1 Å². The molecule has 0 saturated heterocycles. The summed E-state index contributed by atoms with van der Waals surface area (Å²) < 4.78 is 10.6. The highest BCUT2D eigenvalue weighted by Crippen LogP contribution is 2.49. The number of methoxy groups -OCH3 is 1. The molecule has 3 rings (SSSR count). The number of carbonyl (C=O) groups excluding carboxylic acids is 1. The zero-order valence-corrected chi connectivity index (χ0v) is 12.2. The molecule has 0 spiro atoms. The number of carbonyl (C=O) groups is 1. The van der Waals surface area contributed by atoms with Crippen LogP contribution >= 0.6 is 0 Å². The number of hydrogen-bond acceptors (Lipinski definition) is 4. The molecule has 0 aliphatic heterocycles. The minimum absolute atomic E-state index is 0.199. The van der Waals surface area contributed by atoms with Gasteiger partial charge in [0.2, 0.25) is 0 Å². The smallest absolute Gasteiger partial charge is 0.311 e. The molecule has 2 saturated carbocycles. The molecule has 0 aromatic heterocycles. The Morgan fingerprint density at radius 3 is 2.81 bits per heavy atom. The fourth-order valence-electron chi connectivity index (χ4n) is 3.83. The van der Waals surface area contributed by atoms with Crippen LogP contribution < -0.4 is 9.47 Å². The zero-order valence-electron chi connectivity index (χ0n) is 12.2. The molecular formula is C17H19NO3. The summed E-state index contributed by atoms with van der Waals surface area (Å²) in [5, 5.41) is 8.87. The van der Waals surface area contributed by atoms with Crippen LogP contribution in [-0.4, -0.2) is 13.1 Å². The highest BCUT2D eigenvalue weighted by Gasteiger charge is 2.40. The third-order valence-electron chi connectivity index (χ3n) is 4.83. The van der Waals surface area contributed by atoms with E-state index in [2.05, 4.69) is 0 Å². The highest BCUT2D eigenvalue weighted by atomic mass is 16.6. The Kier molecular flexibility index (Phi) is 3.83. The molecule has 110 valence electrons. The Bertz CT molecular complexity index is 590. The Morgan fingerprint density at radius 2 is 2.19 bits per heavy atom. The minimum Gasteiger partial charge on any atom is -0.493 e. The maximum absolute atomic E-state index is 12.1. The van der Waals surface area contributed by atoms with E-state index in [9.17, 15) is 4.79 Å². The lowest BCUT2D eigenvalue weighted by Crippen LogP contribution is -2.18. The van der Waals surface area contributed by atoms with Gasteiger partial charge in [-0.3, -0.25) is 4.79 Å². The first-order valence-corrected chi connectivity index (χ1v) is 7.48. The van der Waals surface area contributed by atoms with E-state index in [1.807, 2.05) is 6.07 Å². The lowest BCUT2D eigenvalue weighted by atomic mass is 9.86. The summed E-state index contributed by atoms with van der Waals surface area (Å²) in [4.78, 5) is 12.1. The largest absolute Gasteiger partial charge is 0.493 e. The van der Waals surface area contributed by atoms with Crippen LogP contribution in [0.3, 0.4) is 0 Å². The SMILES string of the molecule is COc1cc(C#N)ccc1OC(=O)C[C@@H]1C[C@H]2CC[C@@H]1C2. The average Bonchev–Trinajstić information content (AvgIpc) is 3.10. The van der Waals surface area contributed by atoms with Gasteiger partial charge in [0.25, 0.3) is 0 Å². The quantitative estimate of drug-likeness (QED) is 0.629. The predicted octanol–water partition coefficient (Wildman–Crippen LogP) is 3.30. The van der Waals surface area contributed by atoms with Gasteiger partial charge >= 0.3 is 5.97 Å². The van der Waals surface area contributed by atoms with Crippen molar-refractivity contribution in [3.63, 3.8) is 0 Å². The molecule has 0 amide bonds. The Labute approximate surface area is 124 Å². The Hall–Kier alpha value is -2.02. The number of rotatable bonds is 4. The molecule has 2 bridgehead atoms. The van der Waals surface area contributed by atoms with E-state index in [4.69, 9.17) is 14.7 Å². The summed E-state index contributed by atoms with van der Waals surface area (Å²) in [7, 11) is 1.50. The van der Waals surface area contributed by atoms with Crippen LogP contribution in [0.1, 0.15) is 37.7 Å². The van der Waals surface area contributed by atoms with E-state index < -0.39 is 0 Å². The number of benzene rings is 1. The van der Waals surface area contributed by atoms with Crippen LogP contribution in [0.25, 0.3) is 0 Å². The fourth-order valence-corrected chi connectivity index (χ4v) is 3.83. The van der Waals surface area contributed by atoms with Crippen LogP contribution in [0.15, 0.2) is 18.2 Å². The van der Waals surface area contributed by atoms with Crippen molar-refractivity contribution in [1.82, 2.24) is 0 Å². The van der Waals surface area contributed by atoms with Gasteiger partial charge in [0.1, 0.15) is 0 Å². The van der Waals surface area contributed by atoms with Crippen LogP contribution in [0, 0.1) is 29.1 Å². The number of esters is 1. The molecule has 1 aromatic rings. The summed E-state index contributed by atoms with van der Waals surface area (Å²) in [5.41, 5.74) is 0.486. The standard InChI is InChI=1S/C17H19NO3/c1-20-16-8-12(10-18)3-5-15(16)21-17(19)9-14-7-11-2-4-13(14)6-11/h3,5,8,11,13-14H,2,4,6-7,9H2,1H3/t11-,13+,14-/m0/s1. The van der Waals surface area contributed by atoms with Gasteiger partial charge in [-0.1, -0.05) is 6.42 Å². The van der Waals surface area contributed by atoms with Crippen LogP contribution in [-0.2, 0) is 4.79 Å². The highest BCUT2D eigenvalue weighted by molar-refractivity contribution is 5.73. The summed E-state index contributed by atoms with van der Waals surface area (Å²) in [6.07, 6.45) is 5.55. The van der Waals surface area contributed by atoms with E-state index in [1.165, 1.54) is 32.8 Å².